The number of aryl methyl sites for hydroxylation is 3. The number of ether oxygens (including phenoxy) is 1. The number of hydrogen-bond donors (Lipinski definition) is 1. The first-order chi connectivity index (χ1) is 12.5. The number of nitrogens with zero attached hydrogens (tertiary/aromatic N) is 1. The lowest BCUT2D eigenvalue weighted by Crippen LogP contribution is -2.03. The van der Waals surface area contributed by atoms with E-state index in [1.54, 1.807) is 12.3 Å². The number of pyridine rings is 1. The number of aromatic nitrogens is 1. The number of benzene rings is 2. The van der Waals surface area contributed by atoms with Crippen LogP contribution in [0.4, 0.5) is 10.1 Å². The first-order valence-corrected chi connectivity index (χ1v) is 8.62. The second-order valence-corrected chi connectivity index (χ2v) is 6.42. The SMILES string of the molecule is CNc1cccc(C)c1OCc1cc(C)c(-c2ncccc2F)cc1C. The van der Waals surface area contributed by atoms with Crippen molar-refractivity contribution in [1.82, 2.24) is 4.98 Å². The Hall–Kier alpha value is -2.88. The van der Waals surface area contributed by atoms with Crippen LogP contribution in [0.25, 0.3) is 11.3 Å². The molecule has 0 spiro atoms. The number of nitrogens with one attached hydrogen (secondary N) is 1. The molecule has 0 unspecified atom stereocenters. The lowest BCUT2D eigenvalue weighted by Gasteiger charge is -2.16. The molecule has 0 radical (unpaired) electrons. The normalized spacial score (nSPS) is 10.7. The van der Waals surface area contributed by atoms with Crippen LogP contribution < -0.4 is 10.1 Å². The minimum absolute atomic E-state index is 0.308. The van der Waals surface area contributed by atoms with E-state index in [2.05, 4.69) is 16.4 Å². The maximum atomic E-state index is 14.1. The Balaban J connectivity index is 1.89. The van der Waals surface area contributed by atoms with Crippen LogP contribution in [0.5, 0.6) is 5.75 Å². The summed E-state index contributed by atoms with van der Waals surface area (Å²) >= 11 is 0. The van der Waals surface area contributed by atoms with Gasteiger partial charge in [0.05, 0.1) is 5.69 Å². The highest BCUT2D eigenvalue weighted by molar-refractivity contribution is 5.66. The van der Waals surface area contributed by atoms with Crippen LogP contribution in [-0.4, -0.2) is 12.0 Å². The van der Waals surface area contributed by atoms with Gasteiger partial charge in [0.2, 0.25) is 0 Å². The summed E-state index contributed by atoms with van der Waals surface area (Å²) in [5.74, 6) is 0.546. The zero-order valence-corrected chi connectivity index (χ0v) is 15.6. The molecule has 4 heteroatoms. The quantitative estimate of drug-likeness (QED) is 0.666. The molecule has 3 aromatic rings. The van der Waals surface area contributed by atoms with E-state index in [-0.39, 0.29) is 5.82 Å². The third-order valence-electron chi connectivity index (χ3n) is 4.55. The zero-order chi connectivity index (χ0) is 18.7. The minimum Gasteiger partial charge on any atom is -0.486 e. The largest absolute Gasteiger partial charge is 0.486 e. The van der Waals surface area contributed by atoms with Gasteiger partial charge in [-0.05, 0) is 67.3 Å². The van der Waals surface area contributed by atoms with Crippen molar-refractivity contribution < 1.29 is 9.13 Å². The molecule has 0 saturated heterocycles. The van der Waals surface area contributed by atoms with Crippen molar-refractivity contribution in [3.63, 3.8) is 0 Å². The van der Waals surface area contributed by atoms with Crippen molar-refractivity contribution in [1.29, 1.82) is 0 Å². The van der Waals surface area contributed by atoms with E-state index >= 15 is 0 Å². The molecule has 0 fully saturated rings. The summed E-state index contributed by atoms with van der Waals surface area (Å²) in [6, 6.07) is 13.1. The van der Waals surface area contributed by atoms with Crippen LogP contribution in [0.3, 0.4) is 0 Å². The van der Waals surface area contributed by atoms with E-state index in [4.69, 9.17) is 4.74 Å². The highest BCUT2D eigenvalue weighted by Gasteiger charge is 2.13. The van der Waals surface area contributed by atoms with Gasteiger partial charge in [-0.15, -0.1) is 0 Å². The van der Waals surface area contributed by atoms with Gasteiger partial charge < -0.3 is 10.1 Å². The highest BCUT2D eigenvalue weighted by Crippen LogP contribution is 2.31. The predicted octanol–water partition coefficient (Wildman–Crippen LogP) is 5.43. The molecule has 0 aliphatic carbocycles. The molecule has 3 nitrogen and oxygen atoms in total. The molecule has 0 aliphatic heterocycles. The number of anilines is 1. The summed E-state index contributed by atoms with van der Waals surface area (Å²) in [4.78, 5) is 4.19. The van der Waals surface area contributed by atoms with Gasteiger partial charge in [0.15, 0.2) is 0 Å². The van der Waals surface area contributed by atoms with E-state index < -0.39 is 0 Å². The third-order valence-corrected chi connectivity index (χ3v) is 4.55. The molecule has 3 rings (SSSR count). The molecule has 1 aromatic heterocycles. The molecule has 0 bridgehead atoms. The van der Waals surface area contributed by atoms with Crippen molar-refractivity contribution in [2.45, 2.75) is 27.4 Å². The Bertz CT molecular complexity index is 937. The van der Waals surface area contributed by atoms with Gasteiger partial charge in [-0.1, -0.05) is 18.2 Å². The number of halogens is 1. The van der Waals surface area contributed by atoms with Gasteiger partial charge in [-0.25, -0.2) is 4.39 Å². The van der Waals surface area contributed by atoms with Gasteiger partial charge >= 0.3 is 0 Å². The lowest BCUT2D eigenvalue weighted by atomic mass is 9.97. The Morgan fingerprint density at radius 3 is 2.54 bits per heavy atom. The number of para-hydroxylation sites is 1. The zero-order valence-electron chi connectivity index (χ0n) is 15.6. The standard InChI is InChI=1S/C22H23FN2O/c1-14-7-5-9-20(24-4)22(14)26-13-17-11-16(3)18(12-15(17)2)21-19(23)8-6-10-25-21/h5-12,24H,13H2,1-4H3. The van der Waals surface area contributed by atoms with Crippen LogP contribution in [0.2, 0.25) is 0 Å². The maximum Gasteiger partial charge on any atom is 0.149 e. The Morgan fingerprint density at radius 2 is 1.81 bits per heavy atom. The van der Waals surface area contributed by atoms with Gasteiger partial charge in [-0.2, -0.15) is 0 Å². The van der Waals surface area contributed by atoms with Crippen molar-refractivity contribution in [2.24, 2.45) is 0 Å². The second-order valence-electron chi connectivity index (χ2n) is 6.42. The van der Waals surface area contributed by atoms with Gasteiger partial charge in [0, 0.05) is 18.8 Å². The molecular formula is C22H23FN2O. The maximum absolute atomic E-state index is 14.1. The molecular weight excluding hydrogens is 327 g/mol. The van der Waals surface area contributed by atoms with Crippen molar-refractivity contribution >= 4 is 5.69 Å². The van der Waals surface area contributed by atoms with Crippen LogP contribution >= 0.6 is 0 Å². The van der Waals surface area contributed by atoms with Crippen molar-refractivity contribution in [2.75, 3.05) is 12.4 Å². The average molecular weight is 350 g/mol. The number of rotatable bonds is 5. The smallest absolute Gasteiger partial charge is 0.149 e. The molecule has 0 aliphatic rings. The van der Waals surface area contributed by atoms with Crippen molar-refractivity contribution in [3.8, 4) is 17.0 Å². The summed E-state index contributed by atoms with van der Waals surface area (Å²) in [7, 11) is 1.88. The van der Waals surface area contributed by atoms with Crippen LogP contribution in [0.1, 0.15) is 22.3 Å². The van der Waals surface area contributed by atoms with Gasteiger partial charge in [0.25, 0.3) is 0 Å². The molecule has 0 saturated carbocycles. The molecule has 0 atom stereocenters. The first kappa shape index (κ1) is 17.9. The van der Waals surface area contributed by atoms with Crippen LogP contribution in [0, 0.1) is 26.6 Å². The Labute approximate surface area is 153 Å². The van der Waals surface area contributed by atoms with Crippen molar-refractivity contribution in [3.05, 3.63) is 76.7 Å². The monoisotopic (exact) mass is 350 g/mol. The summed E-state index contributed by atoms with van der Waals surface area (Å²) < 4.78 is 20.2. The molecule has 26 heavy (non-hydrogen) atoms. The fourth-order valence-corrected chi connectivity index (χ4v) is 3.06. The fourth-order valence-electron chi connectivity index (χ4n) is 3.06. The van der Waals surface area contributed by atoms with Crippen LogP contribution in [-0.2, 0) is 6.61 Å². The van der Waals surface area contributed by atoms with E-state index in [0.29, 0.717) is 12.3 Å². The lowest BCUT2D eigenvalue weighted by molar-refractivity contribution is 0.305. The second kappa shape index (κ2) is 7.56. The van der Waals surface area contributed by atoms with Gasteiger partial charge in [-0.3, -0.25) is 4.98 Å². The summed E-state index contributed by atoms with van der Waals surface area (Å²) in [5.41, 5.74) is 6.35. The fraction of sp³-hybridized carbons (Fsp3) is 0.227. The molecule has 1 heterocycles. The summed E-state index contributed by atoms with van der Waals surface area (Å²) in [6.45, 7) is 6.47. The minimum atomic E-state index is -0.308. The average Bonchev–Trinajstić information content (AvgIpc) is 2.63. The van der Waals surface area contributed by atoms with E-state index in [9.17, 15) is 4.39 Å². The summed E-state index contributed by atoms with van der Waals surface area (Å²) in [5, 5.41) is 3.16. The van der Waals surface area contributed by atoms with E-state index in [1.807, 2.05) is 52.1 Å². The van der Waals surface area contributed by atoms with E-state index in [0.717, 1.165) is 39.3 Å². The van der Waals surface area contributed by atoms with Crippen LogP contribution in [0.15, 0.2) is 48.7 Å². The molecule has 0 amide bonds. The Kier molecular flexibility index (Phi) is 5.21. The summed E-state index contributed by atoms with van der Waals surface area (Å²) in [6.07, 6.45) is 1.61. The van der Waals surface area contributed by atoms with Gasteiger partial charge in [0.1, 0.15) is 23.9 Å². The van der Waals surface area contributed by atoms with E-state index in [1.165, 1.54) is 6.07 Å². The third kappa shape index (κ3) is 3.54. The molecule has 134 valence electrons. The topological polar surface area (TPSA) is 34.1 Å². The molecule has 1 N–H and O–H groups in total. The Morgan fingerprint density at radius 1 is 1.00 bits per heavy atom. The first-order valence-electron chi connectivity index (χ1n) is 8.62. The highest BCUT2D eigenvalue weighted by atomic mass is 19.1. The predicted molar refractivity (Wildman–Crippen MR) is 104 cm³/mol. The number of hydrogen-bond acceptors (Lipinski definition) is 3. The molecule has 2 aromatic carbocycles.